The van der Waals surface area contributed by atoms with Crippen LogP contribution in [0.2, 0.25) is 0 Å². The predicted octanol–water partition coefficient (Wildman–Crippen LogP) is 4.39. The summed E-state index contributed by atoms with van der Waals surface area (Å²) in [7, 11) is 1.73. The largest absolute Gasteiger partial charge is 0.494 e. The molecule has 0 amide bonds. The number of hydrogen-bond acceptors (Lipinski definition) is 3. The molecule has 0 aliphatic rings. The molecule has 0 atom stereocenters. The zero-order chi connectivity index (χ0) is 10.1. The van der Waals surface area contributed by atoms with E-state index in [2.05, 4.69) is 34.3 Å². The first-order valence-corrected chi connectivity index (χ1v) is 6.89. The van der Waals surface area contributed by atoms with Crippen molar-refractivity contribution in [2.24, 2.45) is 0 Å². The Morgan fingerprint density at radius 3 is 2.86 bits per heavy atom. The number of hydrogen-bond donors (Lipinski definition) is 0. The van der Waals surface area contributed by atoms with Gasteiger partial charge in [0.1, 0.15) is 4.21 Å². The van der Waals surface area contributed by atoms with E-state index in [4.69, 9.17) is 4.74 Å². The molecule has 0 unspecified atom stereocenters. The lowest BCUT2D eigenvalue weighted by atomic mass is 10.2. The van der Waals surface area contributed by atoms with Crippen LogP contribution >= 0.6 is 39.0 Å². The maximum Gasteiger partial charge on any atom is 0.151 e. The van der Waals surface area contributed by atoms with Crippen molar-refractivity contribution in [1.82, 2.24) is 0 Å². The van der Waals surface area contributed by atoms with Gasteiger partial charge >= 0.3 is 0 Å². The molecule has 2 aromatic rings. The van der Waals surface area contributed by atoms with Gasteiger partial charge in [-0.3, -0.25) is 0 Å². The number of thiophene rings is 1. The fourth-order valence-electron chi connectivity index (χ4n) is 1.35. The van der Waals surface area contributed by atoms with E-state index < -0.39 is 0 Å². The van der Waals surface area contributed by atoms with Crippen molar-refractivity contribution < 1.29 is 4.74 Å². The lowest BCUT2D eigenvalue weighted by Gasteiger charge is -1.99. The first kappa shape index (κ1) is 10.3. The first-order valence-electron chi connectivity index (χ1n) is 4.06. The number of methoxy groups -OCH3 is 1. The Morgan fingerprint density at radius 2 is 2.21 bits per heavy atom. The van der Waals surface area contributed by atoms with E-state index in [9.17, 15) is 0 Å². The van der Waals surface area contributed by atoms with Gasteiger partial charge in [-0.05, 0) is 24.5 Å². The molecule has 0 bridgehead atoms. The van der Waals surface area contributed by atoms with Crippen molar-refractivity contribution in [2.75, 3.05) is 13.4 Å². The normalized spacial score (nSPS) is 10.8. The summed E-state index contributed by atoms with van der Waals surface area (Å²) in [4.78, 5) is 0. The Labute approximate surface area is 99.6 Å². The molecule has 2 rings (SSSR count). The van der Waals surface area contributed by atoms with Crippen LogP contribution in [0.5, 0.6) is 5.75 Å². The molecule has 1 nitrogen and oxygen atoms in total. The van der Waals surface area contributed by atoms with Crippen LogP contribution in [0.1, 0.15) is 0 Å². The molecule has 0 saturated heterocycles. The molecule has 0 radical (unpaired) electrons. The maximum absolute atomic E-state index is 5.40. The summed E-state index contributed by atoms with van der Waals surface area (Å²) in [5, 5.41) is 1.20. The quantitative estimate of drug-likeness (QED) is 0.758. The molecular formula is C10H9BrOS2. The van der Waals surface area contributed by atoms with Gasteiger partial charge in [0, 0.05) is 14.6 Å². The van der Waals surface area contributed by atoms with Gasteiger partial charge in [-0.15, -0.1) is 23.1 Å². The van der Waals surface area contributed by atoms with Crippen LogP contribution in [-0.2, 0) is 0 Å². The number of benzene rings is 1. The zero-order valence-corrected chi connectivity index (χ0v) is 11.1. The minimum absolute atomic E-state index is 1.00. The molecule has 4 heteroatoms. The van der Waals surface area contributed by atoms with Crippen LogP contribution < -0.4 is 4.74 Å². The minimum atomic E-state index is 1.00. The van der Waals surface area contributed by atoms with Crippen LogP contribution in [0.25, 0.3) is 10.1 Å². The Balaban J connectivity index is 2.73. The van der Waals surface area contributed by atoms with Gasteiger partial charge in [0.2, 0.25) is 0 Å². The van der Waals surface area contributed by atoms with Crippen LogP contribution in [0.4, 0.5) is 0 Å². The number of halogens is 1. The SMILES string of the molecule is COc1c(SC)sc2cc(Br)ccc12. The Kier molecular flexibility index (Phi) is 3.04. The Bertz CT molecular complexity index is 464. The highest BCUT2D eigenvalue weighted by molar-refractivity contribution is 9.10. The summed E-state index contributed by atoms with van der Waals surface area (Å²) in [6.07, 6.45) is 2.07. The van der Waals surface area contributed by atoms with Gasteiger partial charge in [-0.1, -0.05) is 15.9 Å². The van der Waals surface area contributed by atoms with Gasteiger partial charge < -0.3 is 4.74 Å². The van der Waals surface area contributed by atoms with Gasteiger partial charge in [0.15, 0.2) is 5.75 Å². The number of fused-ring (bicyclic) bond motifs is 1. The van der Waals surface area contributed by atoms with Crippen molar-refractivity contribution in [2.45, 2.75) is 4.21 Å². The fraction of sp³-hybridized carbons (Fsp3) is 0.200. The fourth-order valence-corrected chi connectivity index (χ4v) is 3.79. The highest BCUT2D eigenvalue weighted by Gasteiger charge is 2.11. The van der Waals surface area contributed by atoms with Gasteiger partial charge in [-0.2, -0.15) is 0 Å². The Morgan fingerprint density at radius 1 is 1.43 bits per heavy atom. The summed E-state index contributed by atoms with van der Waals surface area (Å²) in [5.74, 6) is 1.00. The molecule has 0 fully saturated rings. The summed E-state index contributed by atoms with van der Waals surface area (Å²) < 4.78 is 9.02. The number of ether oxygens (including phenoxy) is 1. The van der Waals surface area contributed by atoms with Gasteiger partial charge in [-0.25, -0.2) is 0 Å². The van der Waals surface area contributed by atoms with E-state index in [1.54, 1.807) is 30.2 Å². The standard InChI is InChI=1S/C10H9BrOS2/c1-12-9-7-4-3-6(11)5-8(7)14-10(9)13-2/h3-5H,1-2H3. The predicted molar refractivity (Wildman–Crippen MR) is 67.9 cm³/mol. The minimum Gasteiger partial charge on any atom is -0.494 e. The highest BCUT2D eigenvalue weighted by Crippen LogP contribution is 2.43. The van der Waals surface area contributed by atoms with Crippen molar-refractivity contribution in [3.8, 4) is 5.75 Å². The molecule has 74 valence electrons. The van der Waals surface area contributed by atoms with Crippen LogP contribution in [0, 0.1) is 0 Å². The maximum atomic E-state index is 5.40. The molecule has 1 aromatic heterocycles. The van der Waals surface area contributed by atoms with E-state index in [0.29, 0.717) is 0 Å². The van der Waals surface area contributed by atoms with Crippen molar-refractivity contribution in [3.05, 3.63) is 22.7 Å². The van der Waals surface area contributed by atoms with E-state index in [1.807, 2.05) is 6.07 Å². The third kappa shape index (κ3) is 1.66. The van der Waals surface area contributed by atoms with E-state index in [0.717, 1.165) is 10.2 Å². The molecule has 0 saturated carbocycles. The van der Waals surface area contributed by atoms with Gasteiger partial charge in [0.25, 0.3) is 0 Å². The molecule has 0 aliphatic carbocycles. The number of thioether (sulfide) groups is 1. The van der Waals surface area contributed by atoms with Crippen LogP contribution in [-0.4, -0.2) is 13.4 Å². The van der Waals surface area contributed by atoms with Crippen molar-refractivity contribution in [1.29, 1.82) is 0 Å². The molecular weight excluding hydrogens is 280 g/mol. The lowest BCUT2D eigenvalue weighted by Crippen LogP contribution is -1.81. The van der Waals surface area contributed by atoms with E-state index in [-0.39, 0.29) is 0 Å². The summed E-state index contributed by atoms with van der Waals surface area (Å²) in [6, 6.07) is 6.26. The average Bonchev–Trinajstić information content (AvgIpc) is 2.54. The molecule has 1 aromatic carbocycles. The smallest absolute Gasteiger partial charge is 0.151 e. The molecule has 1 heterocycles. The van der Waals surface area contributed by atoms with Crippen molar-refractivity contribution >= 4 is 49.1 Å². The van der Waals surface area contributed by atoms with E-state index in [1.165, 1.54) is 14.3 Å². The highest BCUT2D eigenvalue weighted by atomic mass is 79.9. The second-order valence-corrected chi connectivity index (χ2v) is 5.81. The summed E-state index contributed by atoms with van der Waals surface area (Å²) in [6.45, 7) is 0. The van der Waals surface area contributed by atoms with Crippen LogP contribution in [0.15, 0.2) is 26.9 Å². The molecule has 0 aliphatic heterocycles. The third-order valence-electron chi connectivity index (χ3n) is 1.97. The Hall–Kier alpha value is -0.190. The topological polar surface area (TPSA) is 9.23 Å². The molecule has 0 spiro atoms. The van der Waals surface area contributed by atoms with Gasteiger partial charge in [0.05, 0.1) is 7.11 Å². The lowest BCUT2D eigenvalue weighted by molar-refractivity contribution is 0.413. The summed E-state index contributed by atoms with van der Waals surface area (Å²) in [5.41, 5.74) is 0. The zero-order valence-electron chi connectivity index (χ0n) is 7.83. The monoisotopic (exact) mass is 288 g/mol. The second kappa shape index (κ2) is 4.13. The van der Waals surface area contributed by atoms with Crippen LogP contribution in [0.3, 0.4) is 0 Å². The first-order chi connectivity index (χ1) is 6.76. The molecule has 14 heavy (non-hydrogen) atoms. The molecule has 0 N–H and O–H groups in total. The summed E-state index contributed by atoms with van der Waals surface area (Å²) >= 11 is 6.97. The van der Waals surface area contributed by atoms with Crippen molar-refractivity contribution in [3.63, 3.8) is 0 Å². The van der Waals surface area contributed by atoms with E-state index >= 15 is 0 Å². The second-order valence-electron chi connectivity index (χ2n) is 2.77. The average molecular weight is 289 g/mol. The number of rotatable bonds is 2. The third-order valence-corrected chi connectivity index (χ3v) is 4.69.